The number of hydrogen-bond donors (Lipinski definition) is 0. The molecule has 0 saturated carbocycles. The Morgan fingerprint density at radius 1 is 1.19 bits per heavy atom. The van der Waals surface area contributed by atoms with E-state index in [1.807, 2.05) is 0 Å². The minimum Gasteiger partial charge on any atom is -0.486 e. The van der Waals surface area contributed by atoms with E-state index in [0.29, 0.717) is 15.8 Å². The van der Waals surface area contributed by atoms with Crippen molar-refractivity contribution in [2.45, 2.75) is 12.7 Å². The standard InChI is InChI=1S/C11H14Cl2O3/c1-11(14-2,15-3)7-16-10-5-4-8(12)6-9(10)13/h4-6H,7H2,1-3H3. The normalized spacial score (nSPS) is 11.6. The van der Waals surface area contributed by atoms with Crippen molar-refractivity contribution in [1.82, 2.24) is 0 Å². The fourth-order valence-corrected chi connectivity index (χ4v) is 1.47. The van der Waals surface area contributed by atoms with Crippen LogP contribution in [0.2, 0.25) is 10.0 Å². The van der Waals surface area contributed by atoms with Crippen LogP contribution in [-0.4, -0.2) is 26.6 Å². The summed E-state index contributed by atoms with van der Waals surface area (Å²) in [5.41, 5.74) is 0. The van der Waals surface area contributed by atoms with E-state index >= 15 is 0 Å². The first kappa shape index (κ1) is 13.6. The molecule has 1 rings (SSSR count). The second-order valence-electron chi connectivity index (χ2n) is 3.41. The van der Waals surface area contributed by atoms with Crippen molar-refractivity contribution in [2.24, 2.45) is 0 Å². The number of benzene rings is 1. The molecule has 3 nitrogen and oxygen atoms in total. The van der Waals surface area contributed by atoms with Gasteiger partial charge in [-0.25, -0.2) is 0 Å². The Morgan fingerprint density at radius 3 is 2.31 bits per heavy atom. The number of hydrogen-bond acceptors (Lipinski definition) is 3. The zero-order valence-electron chi connectivity index (χ0n) is 9.42. The maximum atomic E-state index is 5.95. The van der Waals surface area contributed by atoms with Gasteiger partial charge in [0.2, 0.25) is 0 Å². The van der Waals surface area contributed by atoms with Crippen molar-refractivity contribution in [3.63, 3.8) is 0 Å². The number of methoxy groups -OCH3 is 2. The van der Waals surface area contributed by atoms with Crippen LogP contribution in [-0.2, 0) is 9.47 Å². The molecule has 1 aromatic rings. The molecular weight excluding hydrogens is 251 g/mol. The van der Waals surface area contributed by atoms with Gasteiger partial charge < -0.3 is 14.2 Å². The molecule has 90 valence electrons. The van der Waals surface area contributed by atoms with Gasteiger partial charge in [-0.1, -0.05) is 23.2 Å². The lowest BCUT2D eigenvalue weighted by atomic mass is 10.3. The van der Waals surface area contributed by atoms with Gasteiger partial charge in [0.05, 0.1) is 5.02 Å². The Hall–Kier alpha value is -0.480. The molecule has 0 radical (unpaired) electrons. The first-order valence-electron chi connectivity index (χ1n) is 4.69. The van der Waals surface area contributed by atoms with Crippen molar-refractivity contribution in [2.75, 3.05) is 20.8 Å². The summed E-state index contributed by atoms with van der Waals surface area (Å²) in [7, 11) is 3.10. The number of rotatable bonds is 5. The van der Waals surface area contributed by atoms with Gasteiger partial charge in [-0.2, -0.15) is 0 Å². The van der Waals surface area contributed by atoms with Gasteiger partial charge in [0.15, 0.2) is 5.79 Å². The van der Waals surface area contributed by atoms with Crippen LogP contribution in [0.5, 0.6) is 5.75 Å². The first-order valence-corrected chi connectivity index (χ1v) is 5.44. The quantitative estimate of drug-likeness (QED) is 0.764. The molecule has 0 amide bonds. The van der Waals surface area contributed by atoms with Gasteiger partial charge in [-0.3, -0.25) is 0 Å². The molecule has 0 aliphatic heterocycles. The topological polar surface area (TPSA) is 27.7 Å². The van der Waals surface area contributed by atoms with E-state index in [0.717, 1.165) is 0 Å². The molecule has 0 saturated heterocycles. The summed E-state index contributed by atoms with van der Waals surface area (Å²) in [5.74, 6) is -0.241. The summed E-state index contributed by atoms with van der Waals surface area (Å²) in [5, 5.41) is 1.03. The third-order valence-electron chi connectivity index (χ3n) is 2.25. The fourth-order valence-electron chi connectivity index (χ4n) is 1.00. The molecule has 0 fully saturated rings. The van der Waals surface area contributed by atoms with E-state index in [9.17, 15) is 0 Å². The van der Waals surface area contributed by atoms with Crippen LogP contribution in [0, 0.1) is 0 Å². The summed E-state index contributed by atoms with van der Waals surface area (Å²) >= 11 is 11.7. The molecule has 0 bridgehead atoms. The van der Waals surface area contributed by atoms with E-state index in [1.54, 1.807) is 39.3 Å². The molecule has 0 aliphatic carbocycles. The van der Waals surface area contributed by atoms with Crippen LogP contribution < -0.4 is 4.74 Å². The highest BCUT2D eigenvalue weighted by Crippen LogP contribution is 2.28. The van der Waals surface area contributed by atoms with Gasteiger partial charge in [0.1, 0.15) is 12.4 Å². The van der Waals surface area contributed by atoms with Crippen LogP contribution in [0.3, 0.4) is 0 Å². The lowest BCUT2D eigenvalue weighted by molar-refractivity contribution is -0.209. The summed E-state index contributed by atoms with van der Waals surface area (Å²) in [6.45, 7) is 2.01. The SMILES string of the molecule is COC(C)(COc1ccc(Cl)cc1Cl)OC. The van der Waals surface area contributed by atoms with Crippen LogP contribution in [0.15, 0.2) is 18.2 Å². The molecule has 0 N–H and O–H groups in total. The maximum Gasteiger partial charge on any atom is 0.199 e. The summed E-state index contributed by atoms with van der Waals surface area (Å²) in [6.07, 6.45) is 0. The first-order chi connectivity index (χ1) is 7.50. The van der Waals surface area contributed by atoms with Crippen molar-refractivity contribution in [3.8, 4) is 5.75 Å². The Kier molecular flexibility index (Phi) is 4.87. The highest BCUT2D eigenvalue weighted by molar-refractivity contribution is 6.35. The third-order valence-corrected chi connectivity index (χ3v) is 2.78. The minimum absolute atomic E-state index is 0.237. The van der Waals surface area contributed by atoms with E-state index in [4.69, 9.17) is 37.4 Å². The highest BCUT2D eigenvalue weighted by Gasteiger charge is 2.24. The third kappa shape index (κ3) is 3.52. The Labute approximate surface area is 105 Å². The Bertz CT molecular complexity index is 351. The predicted octanol–water partition coefficient (Wildman–Crippen LogP) is 3.38. The smallest absolute Gasteiger partial charge is 0.199 e. The van der Waals surface area contributed by atoms with Gasteiger partial charge in [-0.05, 0) is 25.1 Å². The molecular formula is C11H14Cl2O3. The van der Waals surface area contributed by atoms with E-state index in [1.165, 1.54) is 0 Å². The van der Waals surface area contributed by atoms with Gasteiger partial charge in [0.25, 0.3) is 0 Å². The average Bonchev–Trinajstić information content (AvgIpc) is 2.27. The zero-order valence-corrected chi connectivity index (χ0v) is 10.9. The van der Waals surface area contributed by atoms with E-state index < -0.39 is 5.79 Å². The second-order valence-corrected chi connectivity index (χ2v) is 4.25. The molecule has 16 heavy (non-hydrogen) atoms. The van der Waals surface area contributed by atoms with Crippen molar-refractivity contribution < 1.29 is 14.2 Å². The molecule has 1 aromatic carbocycles. The molecule has 0 atom stereocenters. The largest absolute Gasteiger partial charge is 0.486 e. The lowest BCUT2D eigenvalue weighted by Crippen LogP contribution is -2.36. The lowest BCUT2D eigenvalue weighted by Gasteiger charge is -2.26. The molecule has 0 heterocycles. The molecule has 5 heteroatoms. The van der Waals surface area contributed by atoms with E-state index in [2.05, 4.69) is 0 Å². The van der Waals surface area contributed by atoms with Crippen molar-refractivity contribution >= 4 is 23.2 Å². The molecule has 0 spiro atoms. The van der Waals surface area contributed by atoms with Crippen molar-refractivity contribution in [3.05, 3.63) is 28.2 Å². The Balaban J connectivity index is 2.67. The highest BCUT2D eigenvalue weighted by atomic mass is 35.5. The van der Waals surface area contributed by atoms with Gasteiger partial charge in [-0.15, -0.1) is 0 Å². The number of ether oxygens (including phenoxy) is 3. The van der Waals surface area contributed by atoms with Crippen LogP contribution >= 0.6 is 23.2 Å². The zero-order chi connectivity index (χ0) is 12.2. The molecule has 0 aliphatic rings. The predicted molar refractivity (Wildman–Crippen MR) is 64.4 cm³/mol. The fraction of sp³-hybridized carbons (Fsp3) is 0.455. The van der Waals surface area contributed by atoms with Crippen LogP contribution in [0.25, 0.3) is 0 Å². The molecule has 0 unspecified atom stereocenters. The van der Waals surface area contributed by atoms with E-state index in [-0.39, 0.29) is 6.61 Å². The van der Waals surface area contributed by atoms with Gasteiger partial charge >= 0.3 is 0 Å². The van der Waals surface area contributed by atoms with Gasteiger partial charge in [0, 0.05) is 19.2 Å². The minimum atomic E-state index is -0.789. The second kappa shape index (κ2) is 5.73. The summed E-state index contributed by atoms with van der Waals surface area (Å²) in [6, 6.07) is 5.03. The Morgan fingerprint density at radius 2 is 1.81 bits per heavy atom. The monoisotopic (exact) mass is 264 g/mol. The number of halogens is 2. The summed E-state index contributed by atoms with van der Waals surface area (Å²) in [4.78, 5) is 0. The average molecular weight is 265 g/mol. The summed E-state index contributed by atoms with van der Waals surface area (Å²) < 4.78 is 15.8. The van der Waals surface area contributed by atoms with Crippen molar-refractivity contribution in [1.29, 1.82) is 0 Å². The van der Waals surface area contributed by atoms with Crippen LogP contribution in [0.4, 0.5) is 0 Å². The molecule has 0 aromatic heterocycles. The maximum absolute atomic E-state index is 5.95. The van der Waals surface area contributed by atoms with Crippen LogP contribution in [0.1, 0.15) is 6.92 Å².